The van der Waals surface area contributed by atoms with Crippen molar-refractivity contribution in [2.75, 3.05) is 14.2 Å². The van der Waals surface area contributed by atoms with Gasteiger partial charge in [-0.25, -0.2) is 4.79 Å². The number of methoxy groups -OCH3 is 1. The van der Waals surface area contributed by atoms with E-state index in [1.807, 2.05) is 60.8 Å². The second-order valence-corrected chi connectivity index (χ2v) is 3.97. The Balaban J connectivity index is 2.36. The van der Waals surface area contributed by atoms with Crippen LogP contribution in [0.3, 0.4) is 0 Å². The molecule has 3 heteroatoms. The Morgan fingerprint density at radius 1 is 1.29 bits per heavy atom. The van der Waals surface area contributed by atoms with Crippen molar-refractivity contribution >= 4 is 5.97 Å². The van der Waals surface area contributed by atoms with Crippen LogP contribution in [0.15, 0.2) is 54.4 Å². The molecule has 1 atom stereocenters. The highest BCUT2D eigenvalue weighted by Gasteiger charge is 2.23. The molecule has 0 amide bonds. The summed E-state index contributed by atoms with van der Waals surface area (Å²) in [7, 11) is 3.30. The number of ether oxygens (including phenoxy) is 1. The predicted molar refractivity (Wildman–Crippen MR) is 66.2 cm³/mol. The van der Waals surface area contributed by atoms with Crippen LogP contribution in [0.2, 0.25) is 0 Å². The SMILES string of the molecule is COC(=O)C1=CN(C)C=C[C@@H]1c1ccccc1. The fraction of sp³-hybridized carbons (Fsp3) is 0.214. The Morgan fingerprint density at radius 2 is 2.00 bits per heavy atom. The zero-order valence-electron chi connectivity index (χ0n) is 9.96. The Bertz CT molecular complexity index is 462. The van der Waals surface area contributed by atoms with Gasteiger partial charge in [-0.3, -0.25) is 0 Å². The third-order valence-corrected chi connectivity index (χ3v) is 2.77. The summed E-state index contributed by atoms with van der Waals surface area (Å²) in [5.74, 6) is -0.310. The number of carbonyl (C=O) groups excluding carboxylic acids is 1. The van der Waals surface area contributed by atoms with Crippen LogP contribution in [0.4, 0.5) is 0 Å². The van der Waals surface area contributed by atoms with Crippen molar-refractivity contribution in [1.29, 1.82) is 0 Å². The molecule has 1 aromatic carbocycles. The number of carbonyl (C=O) groups is 1. The molecule has 0 unspecified atom stereocenters. The molecule has 0 bridgehead atoms. The molecular formula is C14H15NO2. The predicted octanol–water partition coefficient (Wildman–Crippen LogP) is 2.29. The molecule has 88 valence electrons. The Hall–Kier alpha value is -2.03. The van der Waals surface area contributed by atoms with Crippen LogP contribution in [0.1, 0.15) is 11.5 Å². The van der Waals surface area contributed by atoms with Gasteiger partial charge in [0.25, 0.3) is 0 Å². The molecule has 0 saturated heterocycles. The summed E-state index contributed by atoms with van der Waals surface area (Å²) in [6.45, 7) is 0. The van der Waals surface area contributed by atoms with Gasteiger partial charge >= 0.3 is 5.97 Å². The first kappa shape index (κ1) is 11.5. The molecule has 1 aliphatic rings. The first-order chi connectivity index (χ1) is 8.22. The van der Waals surface area contributed by atoms with Gasteiger partial charge in [0.2, 0.25) is 0 Å². The van der Waals surface area contributed by atoms with E-state index in [-0.39, 0.29) is 11.9 Å². The number of esters is 1. The van der Waals surface area contributed by atoms with Crippen LogP contribution in [-0.2, 0) is 9.53 Å². The minimum atomic E-state index is -0.282. The van der Waals surface area contributed by atoms with Crippen LogP contribution in [-0.4, -0.2) is 25.0 Å². The van der Waals surface area contributed by atoms with Crippen LogP contribution in [0, 0.1) is 0 Å². The summed E-state index contributed by atoms with van der Waals surface area (Å²) in [5, 5.41) is 0. The highest BCUT2D eigenvalue weighted by Crippen LogP contribution is 2.29. The van der Waals surface area contributed by atoms with Gasteiger partial charge in [0, 0.05) is 25.4 Å². The van der Waals surface area contributed by atoms with Gasteiger partial charge in [0.15, 0.2) is 0 Å². The molecule has 17 heavy (non-hydrogen) atoms. The molecule has 0 radical (unpaired) electrons. The molecule has 2 rings (SSSR count). The Labute approximate surface area is 101 Å². The minimum absolute atomic E-state index is 0.0279. The van der Waals surface area contributed by atoms with Crippen molar-refractivity contribution < 1.29 is 9.53 Å². The normalized spacial score (nSPS) is 18.8. The highest BCUT2D eigenvalue weighted by molar-refractivity contribution is 5.91. The molecule has 0 aliphatic carbocycles. The van der Waals surface area contributed by atoms with Crippen molar-refractivity contribution in [2.24, 2.45) is 0 Å². The third kappa shape index (κ3) is 2.38. The van der Waals surface area contributed by atoms with Crippen molar-refractivity contribution in [1.82, 2.24) is 4.90 Å². The van der Waals surface area contributed by atoms with E-state index in [9.17, 15) is 4.79 Å². The lowest BCUT2D eigenvalue weighted by Gasteiger charge is -2.23. The van der Waals surface area contributed by atoms with Crippen molar-refractivity contribution in [3.05, 3.63) is 59.9 Å². The molecular weight excluding hydrogens is 214 g/mol. The first-order valence-electron chi connectivity index (χ1n) is 5.47. The van der Waals surface area contributed by atoms with Crippen LogP contribution in [0.25, 0.3) is 0 Å². The molecule has 0 aromatic heterocycles. The van der Waals surface area contributed by atoms with E-state index in [2.05, 4.69) is 0 Å². The molecule has 1 aromatic rings. The maximum atomic E-state index is 11.7. The highest BCUT2D eigenvalue weighted by atomic mass is 16.5. The van der Waals surface area contributed by atoms with Crippen molar-refractivity contribution in [3.8, 4) is 0 Å². The summed E-state index contributed by atoms with van der Waals surface area (Å²) in [4.78, 5) is 13.6. The second-order valence-electron chi connectivity index (χ2n) is 3.97. The van der Waals surface area contributed by atoms with Gasteiger partial charge in [-0.15, -0.1) is 0 Å². The number of allylic oxidation sites excluding steroid dienone is 1. The molecule has 0 fully saturated rings. The quantitative estimate of drug-likeness (QED) is 0.729. The molecule has 1 aliphatic heterocycles. The summed E-state index contributed by atoms with van der Waals surface area (Å²) in [6, 6.07) is 9.92. The van der Waals surface area contributed by atoms with Gasteiger partial charge < -0.3 is 9.64 Å². The van der Waals surface area contributed by atoms with Crippen LogP contribution < -0.4 is 0 Å². The molecule has 0 N–H and O–H groups in total. The lowest BCUT2D eigenvalue weighted by molar-refractivity contribution is -0.136. The number of hydrogen-bond donors (Lipinski definition) is 0. The Kier molecular flexibility index (Phi) is 3.28. The van der Waals surface area contributed by atoms with E-state index in [0.29, 0.717) is 5.57 Å². The average Bonchev–Trinajstić information content (AvgIpc) is 2.38. The van der Waals surface area contributed by atoms with Crippen molar-refractivity contribution in [3.63, 3.8) is 0 Å². The number of nitrogens with zero attached hydrogens (tertiary/aromatic N) is 1. The lowest BCUT2D eigenvalue weighted by atomic mass is 9.90. The van der Waals surface area contributed by atoms with Gasteiger partial charge in [-0.1, -0.05) is 36.4 Å². The number of rotatable bonds is 2. The maximum Gasteiger partial charge on any atom is 0.336 e. The molecule has 1 heterocycles. The van der Waals surface area contributed by atoms with E-state index >= 15 is 0 Å². The standard InChI is InChI=1S/C14H15NO2/c1-15-9-8-12(11-6-4-3-5-7-11)13(10-15)14(16)17-2/h3-10,12H,1-2H3/t12-/m1/s1. The zero-order chi connectivity index (χ0) is 12.3. The summed E-state index contributed by atoms with van der Waals surface area (Å²) < 4.78 is 4.82. The smallest absolute Gasteiger partial charge is 0.336 e. The fourth-order valence-corrected chi connectivity index (χ4v) is 1.92. The molecule has 3 nitrogen and oxygen atoms in total. The van der Waals surface area contributed by atoms with E-state index < -0.39 is 0 Å². The van der Waals surface area contributed by atoms with Gasteiger partial charge in [0.05, 0.1) is 12.7 Å². The lowest BCUT2D eigenvalue weighted by Crippen LogP contribution is -2.19. The number of benzene rings is 1. The first-order valence-corrected chi connectivity index (χ1v) is 5.47. The summed E-state index contributed by atoms with van der Waals surface area (Å²) >= 11 is 0. The largest absolute Gasteiger partial charge is 0.466 e. The molecule has 0 spiro atoms. The maximum absolute atomic E-state index is 11.7. The van der Waals surface area contributed by atoms with Crippen LogP contribution >= 0.6 is 0 Å². The second kappa shape index (κ2) is 4.87. The topological polar surface area (TPSA) is 29.5 Å². The zero-order valence-corrected chi connectivity index (χ0v) is 9.96. The fourth-order valence-electron chi connectivity index (χ4n) is 1.92. The minimum Gasteiger partial charge on any atom is -0.466 e. The van der Waals surface area contributed by atoms with Gasteiger partial charge in [-0.05, 0) is 5.56 Å². The van der Waals surface area contributed by atoms with E-state index in [4.69, 9.17) is 4.74 Å². The van der Waals surface area contributed by atoms with E-state index in [0.717, 1.165) is 5.56 Å². The molecule has 0 saturated carbocycles. The van der Waals surface area contributed by atoms with Gasteiger partial charge in [-0.2, -0.15) is 0 Å². The van der Waals surface area contributed by atoms with E-state index in [1.54, 1.807) is 0 Å². The summed E-state index contributed by atoms with van der Waals surface area (Å²) in [6.07, 6.45) is 5.76. The van der Waals surface area contributed by atoms with E-state index in [1.165, 1.54) is 7.11 Å². The van der Waals surface area contributed by atoms with Gasteiger partial charge in [0.1, 0.15) is 0 Å². The monoisotopic (exact) mass is 229 g/mol. The van der Waals surface area contributed by atoms with Crippen LogP contribution in [0.5, 0.6) is 0 Å². The third-order valence-electron chi connectivity index (χ3n) is 2.77. The van der Waals surface area contributed by atoms with Crippen molar-refractivity contribution in [2.45, 2.75) is 5.92 Å². The summed E-state index contributed by atoms with van der Waals surface area (Å²) in [5.41, 5.74) is 1.75. The number of hydrogen-bond acceptors (Lipinski definition) is 3. The average molecular weight is 229 g/mol. The Morgan fingerprint density at radius 3 is 2.65 bits per heavy atom.